The number of amides is 1. The second kappa shape index (κ2) is 5.28. The summed E-state index contributed by atoms with van der Waals surface area (Å²) in [6, 6.07) is 11.7. The lowest BCUT2D eigenvalue weighted by Gasteiger charge is -2.07. The largest absolute Gasteiger partial charge is 0.494 e. The molecule has 1 aromatic heterocycles. The summed E-state index contributed by atoms with van der Waals surface area (Å²) in [6.45, 7) is 0. The van der Waals surface area contributed by atoms with Gasteiger partial charge >= 0.3 is 0 Å². The molecule has 0 aliphatic carbocycles. The Morgan fingerprint density at radius 2 is 2.05 bits per heavy atom. The van der Waals surface area contributed by atoms with E-state index in [4.69, 9.17) is 4.74 Å². The first kappa shape index (κ1) is 13.2. The molecule has 0 fully saturated rings. The molecule has 0 radical (unpaired) electrons. The van der Waals surface area contributed by atoms with Gasteiger partial charge in [-0.25, -0.2) is 4.39 Å². The molecule has 1 heterocycles. The minimum atomic E-state index is -0.470. The third-order valence-electron chi connectivity index (χ3n) is 3.24. The zero-order valence-electron chi connectivity index (χ0n) is 11.3. The molecule has 0 aliphatic rings. The molecule has 0 saturated carbocycles. The first-order valence-electron chi connectivity index (χ1n) is 6.40. The maximum Gasteiger partial charge on any atom is 0.257 e. The van der Waals surface area contributed by atoms with Gasteiger partial charge < -0.3 is 15.0 Å². The topological polar surface area (TPSA) is 54.1 Å². The van der Waals surface area contributed by atoms with Gasteiger partial charge in [0.05, 0.1) is 12.7 Å². The standard InChI is InChI=1S/C16H13FN2O2/c1-21-15-8-10(6-7-13(15)17)19-16(20)12-9-18-14-5-3-2-4-11(12)14/h2-9,18H,1H3,(H,19,20). The van der Waals surface area contributed by atoms with Crippen molar-refractivity contribution in [1.82, 2.24) is 4.98 Å². The summed E-state index contributed by atoms with van der Waals surface area (Å²) in [5, 5.41) is 3.57. The number of para-hydroxylation sites is 1. The molecule has 0 saturated heterocycles. The van der Waals surface area contributed by atoms with Gasteiger partial charge in [0.25, 0.3) is 5.91 Å². The van der Waals surface area contributed by atoms with Crippen molar-refractivity contribution < 1.29 is 13.9 Å². The lowest BCUT2D eigenvalue weighted by Crippen LogP contribution is -2.11. The summed E-state index contributed by atoms with van der Waals surface area (Å²) in [7, 11) is 1.38. The lowest BCUT2D eigenvalue weighted by atomic mass is 10.1. The molecule has 4 nitrogen and oxygen atoms in total. The van der Waals surface area contributed by atoms with Crippen molar-refractivity contribution in [3.8, 4) is 5.75 Å². The minimum Gasteiger partial charge on any atom is -0.494 e. The van der Waals surface area contributed by atoms with E-state index in [1.807, 2.05) is 24.3 Å². The molecule has 2 N–H and O–H groups in total. The average Bonchev–Trinajstić information content (AvgIpc) is 2.93. The van der Waals surface area contributed by atoms with Crippen LogP contribution in [0, 0.1) is 5.82 Å². The number of halogens is 1. The monoisotopic (exact) mass is 284 g/mol. The van der Waals surface area contributed by atoms with Gasteiger partial charge in [0.2, 0.25) is 0 Å². The van der Waals surface area contributed by atoms with E-state index < -0.39 is 5.82 Å². The number of benzene rings is 2. The van der Waals surface area contributed by atoms with Gasteiger partial charge in [-0.3, -0.25) is 4.79 Å². The van der Waals surface area contributed by atoms with Crippen LogP contribution in [0.15, 0.2) is 48.7 Å². The Kier molecular flexibility index (Phi) is 3.31. The van der Waals surface area contributed by atoms with Crippen molar-refractivity contribution in [2.75, 3.05) is 12.4 Å². The number of hydrogen-bond donors (Lipinski definition) is 2. The number of carbonyl (C=O) groups excluding carboxylic acids is 1. The third kappa shape index (κ3) is 2.45. The van der Waals surface area contributed by atoms with Gasteiger partial charge in [-0.1, -0.05) is 18.2 Å². The highest BCUT2D eigenvalue weighted by Gasteiger charge is 2.12. The van der Waals surface area contributed by atoms with E-state index in [0.29, 0.717) is 11.3 Å². The molecule has 3 aromatic rings. The second-order valence-corrected chi connectivity index (χ2v) is 4.55. The predicted molar refractivity (Wildman–Crippen MR) is 79.2 cm³/mol. The molecule has 0 bridgehead atoms. The van der Waals surface area contributed by atoms with Crippen molar-refractivity contribution >= 4 is 22.5 Å². The van der Waals surface area contributed by atoms with Crippen molar-refractivity contribution in [2.24, 2.45) is 0 Å². The summed E-state index contributed by atoms with van der Waals surface area (Å²) in [6.07, 6.45) is 1.65. The number of anilines is 1. The molecular weight excluding hydrogens is 271 g/mol. The summed E-state index contributed by atoms with van der Waals surface area (Å²) in [4.78, 5) is 15.3. The normalized spacial score (nSPS) is 10.6. The fourth-order valence-corrected chi connectivity index (χ4v) is 2.20. The van der Waals surface area contributed by atoms with Crippen molar-refractivity contribution in [3.05, 3.63) is 60.0 Å². The minimum absolute atomic E-state index is 0.0896. The SMILES string of the molecule is COc1cc(NC(=O)c2c[nH]c3ccccc23)ccc1F. The quantitative estimate of drug-likeness (QED) is 0.772. The number of H-pyrrole nitrogens is 1. The van der Waals surface area contributed by atoms with Crippen LogP contribution in [-0.4, -0.2) is 18.0 Å². The Labute approximate surface area is 120 Å². The summed E-state index contributed by atoms with van der Waals surface area (Å²) in [5.74, 6) is -0.643. The zero-order chi connectivity index (χ0) is 14.8. The maximum atomic E-state index is 13.3. The van der Waals surface area contributed by atoms with Gasteiger partial charge in [0.1, 0.15) is 0 Å². The fourth-order valence-electron chi connectivity index (χ4n) is 2.20. The van der Waals surface area contributed by atoms with Crippen LogP contribution < -0.4 is 10.1 Å². The third-order valence-corrected chi connectivity index (χ3v) is 3.24. The van der Waals surface area contributed by atoms with Gasteiger partial charge in [0.15, 0.2) is 11.6 Å². The number of methoxy groups -OCH3 is 1. The Morgan fingerprint density at radius 3 is 2.86 bits per heavy atom. The first-order valence-corrected chi connectivity index (χ1v) is 6.40. The van der Waals surface area contributed by atoms with E-state index >= 15 is 0 Å². The molecule has 1 amide bonds. The van der Waals surface area contributed by atoms with E-state index in [9.17, 15) is 9.18 Å². The van der Waals surface area contributed by atoms with Crippen LogP contribution in [0.5, 0.6) is 5.75 Å². The Balaban J connectivity index is 1.89. The average molecular weight is 284 g/mol. The van der Waals surface area contributed by atoms with Crippen LogP contribution in [0.25, 0.3) is 10.9 Å². The highest BCUT2D eigenvalue weighted by molar-refractivity contribution is 6.12. The number of ether oxygens (including phenoxy) is 1. The number of hydrogen-bond acceptors (Lipinski definition) is 2. The second-order valence-electron chi connectivity index (χ2n) is 4.55. The fraction of sp³-hybridized carbons (Fsp3) is 0.0625. The van der Waals surface area contributed by atoms with Crippen molar-refractivity contribution in [2.45, 2.75) is 0 Å². The Hall–Kier alpha value is -2.82. The van der Waals surface area contributed by atoms with Crippen molar-refractivity contribution in [1.29, 1.82) is 0 Å². The molecule has 0 atom stereocenters. The molecule has 5 heteroatoms. The number of nitrogens with one attached hydrogen (secondary N) is 2. The van der Waals surface area contributed by atoms with Gasteiger partial charge in [-0.15, -0.1) is 0 Å². The predicted octanol–water partition coefficient (Wildman–Crippen LogP) is 3.57. The van der Waals surface area contributed by atoms with E-state index in [0.717, 1.165) is 10.9 Å². The molecule has 3 rings (SSSR count). The smallest absolute Gasteiger partial charge is 0.257 e. The van der Waals surface area contributed by atoms with Crippen LogP contribution in [-0.2, 0) is 0 Å². The number of carbonyl (C=O) groups is 1. The first-order chi connectivity index (χ1) is 10.2. The molecular formula is C16H13FN2O2. The van der Waals surface area contributed by atoms with Crippen LogP contribution in [0.2, 0.25) is 0 Å². The highest BCUT2D eigenvalue weighted by Crippen LogP contribution is 2.23. The summed E-state index contributed by atoms with van der Waals surface area (Å²) < 4.78 is 18.2. The summed E-state index contributed by atoms with van der Waals surface area (Å²) in [5.41, 5.74) is 1.90. The molecule has 0 unspecified atom stereocenters. The van der Waals surface area contributed by atoms with Crippen LogP contribution >= 0.6 is 0 Å². The molecule has 0 aliphatic heterocycles. The maximum absolute atomic E-state index is 13.3. The summed E-state index contributed by atoms with van der Waals surface area (Å²) >= 11 is 0. The van der Waals surface area contributed by atoms with E-state index in [2.05, 4.69) is 10.3 Å². The number of aromatic amines is 1. The Bertz CT molecular complexity index is 811. The van der Waals surface area contributed by atoms with Crippen molar-refractivity contribution in [3.63, 3.8) is 0 Å². The molecule has 2 aromatic carbocycles. The Morgan fingerprint density at radius 1 is 1.24 bits per heavy atom. The van der Waals surface area contributed by atoms with Gasteiger partial charge in [-0.05, 0) is 18.2 Å². The number of aromatic nitrogens is 1. The van der Waals surface area contributed by atoms with Crippen LogP contribution in [0.1, 0.15) is 10.4 Å². The highest BCUT2D eigenvalue weighted by atomic mass is 19.1. The lowest BCUT2D eigenvalue weighted by molar-refractivity contribution is 0.102. The molecule has 0 spiro atoms. The number of fused-ring (bicyclic) bond motifs is 1. The van der Waals surface area contributed by atoms with Crippen LogP contribution in [0.4, 0.5) is 10.1 Å². The van der Waals surface area contributed by atoms with E-state index in [1.54, 1.807) is 6.20 Å². The molecule has 21 heavy (non-hydrogen) atoms. The van der Waals surface area contributed by atoms with Gasteiger partial charge in [0, 0.05) is 28.9 Å². The number of rotatable bonds is 3. The molecule has 106 valence electrons. The van der Waals surface area contributed by atoms with E-state index in [-0.39, 0.29) is 11.7 Å². The zero-order valence-corrected chi connectivity index (χ0v) is 11.3. The van der Waals surface area contributed by atoms with Gasteiger partial charge in [-0.2, -0.15) is 0 Å². The van der Waals surface area contributed by atoms with E-state index in [1.165, 1.54) is 25.3 Å². The van der Waals surface area contributed by atoms with Crippen LogP contribution in [0.3, 0.4) is 0 Å².